The second kappa shape index (κ2) is 8.18. The number of ether oxygens (including phenoxy) is 3. The number of rotatable bonds is 7. The lowest BCUT2D eigenvalue weighted by molar-refractivity contribution is -0.124. The first-order valence-electron chi connectivity index (χ1n) is 7.56. The van der Waals surface area contributed by atoms with Crippen LogP contribution < -0.4 is 14.8 Å². The molecule has 1 amide bonds. The van der Waals surface area contributed by atoms with Crippen molar-refractivity contribution in [2.24, 2.45) is 0 Å². The molecule has 0 radical (unpaired) electrons. The largest absolute Gasteiger partial charge is 0.497 e. The van der Waals surface area contributed by atoms with Crippen LogP contribution in [0.3, 0.4) is 0 Å². The highest BCUT2D eigenvalue weighted by molar-refractivity contribution is 5.88. The molecule has 0 aliphatic rings. The number of carbonyl (C=O) groups is 2. The lowest BCUT2D eigenvalue weighted by atomic mass is 10.1. The summed E-state index contributed by atoms with van der Waals surface area (Å²) in [7, 11) is 3.10. The molecule has 1 atom stereocenters. The van der Waals surface area contributed by atoms with Gasteiger partial charge in [-0.3, -0.25) is 4.79 Å². The Morgan fingerprint density at radius 2 is 2.00 bits per heavy atom. The van der Waals surface area contributed by atoms with Gasteiger partial charge in [-0.1, -0.05) is 5.16 Å². The van der Waals surface area contributed by atoms with Gasteiger partial charge >= 0.3 is 5.97 Å². The number of hydrogen-bond donors (Lipinski definition) is 1. The third-order valence-corrected chi connectivity index (χ3v) is 3.44. The van der Waals surface area contributed by atoms with Crippen LogP contribution in [0.25, 0.3) is 0 Å². The number of amides is 1. The fraction of sp³-hybridized carbons (Fsp3) is 0.353. The molecule has 2 aromatic rings. The third kappa shape index (κ3) is 4.72. The van der Waals surface area contributed by atoms with E-state index in [4.69, 9.17) is 18.7 Å². The Hall–Kier alpha value is -3.03. The second-order valence-corrected chi connectivity index (χ2v) is 5.31. The zero-order valence-corrected chi connectivity index (χ0v) is 14.5. The molecule has 8 nitrogen and oxygen atoms in total. The summed E-state index contributed by atoms with van der Waals surface area (Å²) in [6.07, 6.45) is 0. The fourth-order valence-electron chi connectivity index (χ4n) is 2.20. The number of methoxy groups -OCH3 is 2. The molecule has 2 rings (SSSR count). The Morgan fingerprint density at radius 3 is 2.60 bits per heavy atom. The number of hydrogen-bond acceptors (Lipinski definition) is 7. The second-order valence-electron chi connectivity index (χ2n) is 5.31. The van der Waals surface area contributed by atoms with E-state index in [9.17, 15) is 9.59 Å². The van der Waals surface area contributed by atoms with Crippen LogP contribution in [0, 0.1) is 6.92 Å². The molecule has 0 bridgehead atoms. The first-order valence-corrected chi connectivity index (χ1v) is 7.56. The van der Waals surface area contributed by atoms with Gasteiger partial charge in [0.1, 0.15) is 11.5 Å². The van der Waals surface area contributed by atoms with Gasteiger partial charge in [0, 0.05) is 11.6 Å². The highest BCUT2D eigenvalue weighted by atomic mass is 16.6. The average Bonchev–Trinajstić information content (AvgIpc) is 3.05. The van der Waals surface area contributed by atoms with Gasteiger partial charge in [-0.15, -0.1) is 0 Å². The lowest BCUT2D eigenvalue weighted by Gasteiger charge is -2.18. The number of aryl methyl sites for hydroxylation is 1. The van der Waals surface area contributed by atoms with Crippen LogP contribution in [0.1, 0.15) is 34.8 Å². The van der Waals surface area contributed by atoms with E-state index in [1.54, 1.807) is 46.3 Å². The van der Waals surface area contributed by atoms with E-state index < -0.39 is 18.5 Å². The zero-order valence-electron chi connectivity index (χ0n) is 14.5. The number of nitrogens with one attached hydrogen (secondary N) is 1. The molecule has 1 heterocycles. The van der Waals surface area contributed by atoms with Crippen molar-refractivity contribution in [2.45, 2.75) is 19.9 Å². The molecule has 0 saturated heterocycles. The summed E-state index contributed by atoms with van der Waals surface area (Å²) in [5.74, 6) is 0.00360. The maximum atomic E-state index is 12.0. The van der Waals surface area contributed by atoms with E-state index in [1.165, 1.54) is 6.07 Å². The number of benzene rings is 1. The summed E-state index contributed by atoms with van der Waals surface area (Å²) in [4.78, 5) is 23.7. The van der Waals surface area contributed by atoms with Gasteiger partial charge in [-0.2, -0.15) is 0 Å². The molecule has 1 N–H and O–H groups in total. The van der Waals surface area contributed by atoms with Gasteiger partial charge in [0.15, 0.2) is 6.61 Å². The molecule has 0 aliphatic carbocycles. The van der Waals surface area contributed by atoms with Crippen LogP contribution in [0.2, 0.25) is 0 Å². The van der Waals surface area contributed by atoms with E-state index in [-0.39, 0.29) is 11.8 Å². The monoisotopic (exact) mass is 348 g/mol. The Balaban J connectivity index is 1.95. The van der Waals surface area contributed by atoms with Crippen molar-refractivity contribution < 1.29 is 28.3 Å². The Morgan fingerprint density at radius 1 is 1.24 bits per heavy atom. The molecule has 0 saturated carbocycles. The highest BCUT2D eigenvalue weighted by Crippen LogP contribution is 2.29. The van der Waals surface area contributed by atoms with Crippen molar-refractivity contribution in [3.05, 3.63) is 41.3 Å². The summed E-state index contributed by atoms with van der Waals surface area (Å²) in [6, 6.07) is 6.35. The molecule has 0 fully saturated rings. The molecule has 1 aromatic carbocycles. The molecule has 0 unspecified atom stereocenters. The van der Waals surface area contributed by atoms with E-state index in [1.807, 2.05) is 0 Å². The van der Waals surface area contributed by atoms with Crippen LogP contribution in [0.5, 0.6) is 11.5 Å². The van der Waals surface area contributed by atoms with Crippen molar-refractivity contribution in [1.82, 2.24) is 10.5 Å². The smallest absolute Gasteiger partial charge is 0.377 e. The topological polar surface area (TPSA) is 99.9 Å². The van der Waals surface area contributed by atoms with Crippen LogP contribution >= 0.6 is 0 Å². The van der Waals surface area contributed by atoms with Gasteiger partial charge < -0.3 is 24.1 Å². The molecule has 134 valence electrons. The van der Waals surface area contributed by atoms with Crippen molar-refractivity contribution in [3.8, 4) is 11.5 Å². The van der Waals surface area contributed by atoms with Gasteiger partial charge in [-0.25, -0.2) is 4.79 Å². The molecule has 0 aliphatic heterocycles. The Kier molecular flexibility index (Phi) is 5.99. The highest BCUT2D eigenvalue weighted by Gasteiger charge is 2.18. The van der Waals surface area contributed by atoms with Crippen LogP contribution in [-0.2, 0) is 9.53 Å². The summed E-state index contributed by atoms with van der Waals surface area (Å²) in [5, 5.41) is 6.32. The van der Waals surface area contributed by atoms with Gasteiger partial charge in [0.05, 0.1) is 26.0 Å². The van der Waals surface area contributed by atoms with Gasteiger partial charge in [0.25, 0.3) is 5.91 Å². The van der Waals surface area contributed by atoms with Crippen molar-refractivity contribution in [1.29, 1.82) is 0 Å². The van der Waals surface area contributed by atoms with Crippen LogP contribution in [0.15, 0.2) is 28.8 Å². The SMILES string of the molecule is COc1ccc(OC)c([C@H](C)NC(=O)COC(=O)c2cc(C)no2)c1. The zero-order chi connectivity index (χ0) is 18.4. The molecular weight excluding hydrogens is 328 g/mol. The maximum Gasteiger partial charge on any atom is 0.377 e. The molecule has 8 heteroatoms. The summed E-state index contributed by atoms with van der Waals surface area (Å²) >= 11 is 0. The van der Waals surface area contributed by atoms with Crippen molar-refractivity contribution in [3.63, 3.8) is 0 Å². The summed E-state index contributed by atoms with van der Waals surface area (Å²) in [5.41, 5.74) is 1.29. The fourth-order valence-corrected chi connectivity index (χ4v) is 2.20. The Labute approximate surface area is 145 Å². The van der Waals surface area contributed by atoms with Gasteiger partial charge in [-0.05, 0) is 32.0 Å². The molecule has 25 heavy (non-hydrogen) atoms. The molecular formula is C17H20N2O6. The standard InChI is InChI=1S/C17H20N2O6/c1-10-7-15(25-19-10)17(21)24-9-16(20)18-11(2)13-8-12(22-3)5-6-14(13)23-4/h5-8,11H,9H2,1-4H3,(H,18,20)/t11-/m0/s1. The average molecular weight is 348 g/mol. The number of aromatic nitrogens is 1. The van der Waals surface area contributed by atoms with E-state index in [0.717, 1.165) is 5.56 Å². The first kappa shape index (κ1) is 18.3. The molecule has 0 spiro atoms. The number of nitrogens with zero attached hydrogens (tertiary/aromatic N) is 1. The number of esters is 1. The first-order chi connectivity index (χ1) is 11.9. The quantitative estimate of drug-likeness (QED) is 0.764. The third-order valence-electron chi connectivity index (χ3n) is 3.44. The van der Waals surface area contributed by atoms with Crippen LogP contribution in [0.4, 0.5) is 0 Å². The van der Waals surface area contributed by atoms with Gasteiger partial charge in [0.2, 0.25) is 5.76 Å². The van der Waals surface area contributed by atoms with Crippen molar-refractivity contribution in [2.75, 3.05) is 20.8 Å². The lowest BCUT2D eigenvalue weighted by Crippen LogP contribution is -2.31. The van der Waals surface area contributed by atoms with Crippen molar-refractivity contribution >= 4 is 11.9 Å². The maximum absolute atomic E-state index is 12.0. The Bertz CT molecular complexity index is 755. The minimum absolute atomic E-state index is 0.0483. The minimum atomic E-state index is -0.748. The number of carbonyl (C=O) groups excluding carboxylic acids is 2. The molecule has 1 aromatic heterocycles. The predicted molar refractivity (Wildman–Crippen MR) is 87.6 cm³/mol. The predicted octanol–water partition coefficient (Wildman–Crippen LogP) is 2.03. The summed E-state index contributed by atoms with van der Waals surface area (Å²) in [6.45, 7) is 3.03. The minimum Gasteiger partial charge on any atom is -0.497 e. The van der Waals surface area contributed by atoms with Crippen LogP contribution in [-0.4, -0.2) is 37.9 Å². The summed E-state index contributed by atoms with van der Waals surface area (Å²) < 4.78 is 20.2. The van der Waals surface area contributed by atoms with E-state index in [2.05, 4.69) is 10.5 Å². The van der Waals surface area contributed by atoms with E-state index in [0.29, 0.717) is 17.2 Å². The van der Waals surface area contributed by atoms with E-state index >= 15 is 0 Å². The normalized spacial score (nSPS) is 11.5.